The van der Waals surface area contributed by atoms with Gasteiger partial charge in [0, 0.05) is 55.1 Å². The van der Waals surface area contributed by atoms with Gasteiger partial charge in [-0.15, -0.1) is 0 Å². The molecule has 0 spiro atoms. The lowest BCUT2D eigenvalue weighted by Gasteiger charge is -2.29. The van der Waals surface area contributed by atoms with E-state index in [4.69, 9.17) is 9.40 Å². The Hall–Kier alpha value is -2.53. The highest BCUT2D eigenvalue weighted by Gasteiger charge is 2.22. The average molecular weight is 348 g/mol. The number of hydrogen-bond donors (Lipinski definition) is 0. The number of pyridine rings is 1. The van der Waals surface area contributed by atoms with E-state index in [1.165, 1.54) is 16.8 Å². The van der Waals surface area contributed by atoms with Gasteiger partial charge in [-0.05, 0) is 23.8 Å². The first-order chi connectivity index (χ1) is 12.5. The van der Waals surface area contributed by atoms with Crippen LogP contribution in [0.25, 0.3) is 11.5 Å². The fourth-order valence-electron chi connectivity index (χ4n) is 3.22. The molecule has 5 nitrogen and oxygen atoms in total. The van der Waals surface area contributed by atoms with Gasteiger partial charge in [-0.2, -0.15) is 0 Å². The molecular formula is C21H24N4O. The summed E-state index contributed by atoms with van der Waals surface area (Å²) < 4.78 is 5.40. The van der Waals surface area contributed by atoms with Crippen molar-refractivity contribution in [2.24, 2.45) is 0 Å². The van der Waals surface area contributed by atoms with Crippen molar-refractivity contribution in [1.82, 2.24) is 19.9 Å². The van der Waals surface area contributed by atoms with E-state index >= 15 is 0 Å². The fourth-order valence-corrected chi connectivity index (χ4v) is 3.22. The number of rotatable bonds is 3. The smallest absolute Gasteiger partial charge is 0.152 e. The van der Waals surface area contributed by atoms with Crippen LogP contribution in [0.4, 0.5) is 0 Å². The van der Waals surface area contributed by atoms with E-state index < -0.39 is 0 Å². The Kier molecular flexibility index (Phi) is 4.32. The van der Waals surface area contributed by atoms with Gasteiger partial charge in [0.2, 0.25) is 0 Å². The Bertz CT molecular complexity index is 879. The van der Waals surface area contributed by atoms with Gasteiger partial charge in [-0.25, -0.2) is 9.97 Å². The first-order valence-corrected chi connectivity index (χ1v) is 9.05. The summed E-state index contributed by atoms with van der Waals surface area (Å²) >= 11 is 0. The van der Waals surface area contributed by atoms with Gasteiger partial charge in [-0.3, -0.25) is 9.88 Å². The lowest BCUT2D eigenvalue weighted by atomic mass is 9.95. The normalized spacial score (nSPS) is 15.0. The van der Waals surface area contributed by atoms with E-state index in [1.54, 1.807) is 6.26 Å². The van der Waals surface area contributed by atoms with Crippen molar-refractivity contribution in [2.75, 3.05) is 6.54 Å². The largest absolute Gasteiger partial charge is 0.463 e. The maximum Gasteiger partial charge on any atom is 0.152 e. The van der Waals surface area contributed by atoms with Crippen LogP contribution in [0, 0.1) is 0 Å². The molecule has 0 atom stereocenters. The second kappa shape index (κ2) is 6.65. The molecule has 1 aliphatic heterocycles. The maximum atomic E-state index is 5.40. The molecular weight excluding hydrogens is 324 g/mol. The molecule has 0 fully saturated rings. The predicted octanol–water partition coefficient (Wildman–Crippen LogP) is 3.99. The summed E-state index contributed by atoms with van der Waals surface area (Å²) in [6.45, 7) is 9.24. The van der Waals surface area contributed by atoms with Gasteiger partial charge < -0.3 is 4.42 Å². The SMILES string of the molecule is CC(C)(C)c1ncc2c(n1)CCN(Cc1ccc(-c3ccco3)nc1)C2. The molecule has 4 heterocycles. The predicted molar refractivity (Wildman–Crippen MR) is 100 cm³/mol. The van der Waals surface area contributed by atoms with E-state index in [1.807, 2.05) is 30.6 Å². The van der Waals surface area contributed by atoms with Crippen LogP contribution < -0.4 is 0 Å². The summed E-state index contributed by atoms with van der Waals surface area (Å²) in [5.41, 5.74) is 4.51. The summed E-state index contributed by atoms with van der Waals surface area (Å²) in [5.74, 6) is 1.73. The molecule has 0 saturated carbocycles. The molecule has 3 aromatic heterocycles. The molecule has 0 aromatic carbocycles. The molecule has 0 aliphatic carbocycles. The highest BCUT2D eigenvalue weighted by Crippen LogP contribution is 2.24. The third kappa shape index (κ3) is 3.53. The van der Waals surface area contributed by atoms with Crippen molar-refractivity contribution in [2.45, 2.75) is 45.7 Å². The van der Waals surface area contributed by atoms with Crippen LogP contribution in [0.15, 0.2) is 47.3 Å². The molecule has 0 radical (unpaired) electrons. The topological polar surface area (TPSA) is 55.1 Å². The molecule has 0 amide bonds. The Morgan fingerprint density at radius 3 is 2.69 bits per heavy atom. The molecule has 1 aliphatic rings. The summed E-state index contributed by atoms with van der Waals surface area (Å²) in [4.78, 5) is 16.3. The van der Waals surface area contributed by atoms with Gasteiger partial charge in [0.15, 0.2) is 5.76 Å². The lowest BCUT2D eigenvalue weighted by Crippen LogP contribution is -2.32. The van der Waals surface area contributed by atoms with Crippen LogP contribution in [0.2, 0.25) is 0 Å². The summed E-state index contributed by atoms with van der Waals surface area (Å²) in [7, 11) is 0. The van der Waals surface area contributed by atoms with Crippen molar-refractivity contribution in [3.63, 3.8) is 0 Å². The van der Waals surface area contributed by atoms with Crippen LogP contribution in [0.1, 0.15) is 43.4 Å². The van der Waals surface area contributed by atoms with Gasteiger partial charge in [0.25, 0.3) is 0 Å². The van der Waals surface area contributed by atoms with Gasteiger partial charge in [0.05, 0.1) is 6.26 Å². The van der Waals surface area contributed by atoms with Crippen molar-refractivity contribution in [3.8, 4) is 11.5 Å². The van der Waals surface area contributed by atoms with Crippen molar-refractivity contribution in [1.29, 1.82) is 0 Å². The Balaban J connectivity index is 1.44. The van der Waals surface area contributed by atoms with Gasteiger partial charge in [-0.1, -0.05) is 26.8 Å². The summed E-state index contributed by atoms with van der Waals surface area (Å²) in [5, 5.41) is 0. The number of hydrogen-bond acceptors (Lipinski definition) is 5. The number of furan rings is 1. The monoisotopic (exact) mass is 348 g/mol. The number of aromatic nitrogens is 3. The third-order valence-electron chi connectivity index (χ3n) is 4.69. The first kappa shape index (κ1) is 16.9. The zero-order chi connectivity index (χ0) is 18.1. The highest BCUT2D eigenvalue weighted by molar-refractivity contribution is 5.51. The van der Waals surface area contributed by atoms with E-state index in [9.17, 15) is 0 Å². The number of fused-ring (bicyclic) bond motifs is 1. The molecule has 0 N–H and O–H groups in total. The minimum Gasteiger partial charge on any atom is -0.463 e. The Morgan fingerprint density at radius 2 is 2.00 bits per heavy atom. The van der Waals surface area contributed by atoms with E-state index in [0.29, 0.717) is 0 Å². The van der Waals surface area contributed by atoms with Crippen molar-refractivity contribution < 1.29 is 4.42 Å². The molecule has 26 heavy (non-hydrogen) atoms. The summed E-state index contributed by atoms with van der Waals surface area (Å²) in [6, 6.07) is 7.95. The maximum absolute atomic E-state index is 5.40. The zero-order valence-electron chi connectivity index (χ0n) is 15.6. The molecule has 4 rings (SSSR count). The second-order valence-electron chi connectivity index (χ2n) is 7.91. The number of nitrogens with zero attached hydrogens (tertiary/aromatic N) is 4. The highest BCUT2D eigenvalue weighted by atomic mass is 16.3. The van der Waals surface area contributed by atoms with E-state index in [2.05, 4.69) is 41.7 Å². The zero-order valence-corrected chi connectivity index (χ0v) is 15.6. The van der Waals surface area contributed by atoms with Gasteiger partial charge in [0.1, 0.15) is 11.5 Å². The van der Waals surface area contributed by atoms with Crippen LogP contribution in [0.3, 0.4) is 0 Å². The lowest BCUT2D eigenvalue weighted by molar-refractivity contribution is 0.242. The molecule has 0 bridgehead atoms. The molecule has 134 valence electrons. The van der Waals surface area contributed by atoms with Crippen LogP contribution in [0.5, 0.6) is 0 Å². The molecule has 3 aromatic rings. The molecule has 0 saturated heterocycles. The first-order valence-electron chi connectivity index (χ1n) is 9.05. The van der Waals surface area contributed by atoms with Crippen LogP contribution in [-0.4, -0.2) is 26.4 Å². The third-order valence-corrected chi connectivity index (χ3v) is 4.69. The summed E-state index contributed by atoms with van der Waals surface area (Å²) in [6.07, 6.45) is 6.59. The van der Waals surface area contributed by atoms with Crippen molar-refractivity contribution in [3.05, 3.63) is 65.6 Å². The minimum atomic E-state index is -0.00638. The van der Waals surface area contributed by atoms with Crippen molar-refractivity contribution >= 4 is 0 Å². The van der Waals surface area contributed by atoms with E-state index in [0.717, 1.165) is 43.3 Å². The minimum absolute atomic E-state index is 0.00638. The molecule has 0 unspecified atom stereocenters. The van der Waals surface area contributed by atoms with Crippen LogP contribution >= 0.6 is 0 Å². The average Bonchev–Trinajstić information content (AvgIpc) is 3.16. The standard InChI is InChI=1S/C21H24N4O/c1-21(2,3)20-23-12-16-14-25(9-8-17(16)24-20)13-15-6-7-18(22-11-15)19-5-4-10-26-19/h4-7,10-12H,8-9,13-14H2,1-3H3. The second-order valence-corrected chi connectivity index (χ2v) is 7.91. The van der Waals surface area contributed by atoms with Gasteiger partial charge >= 0.3 is 0 Å². The van der Waals surface area contributed by atoms with E-state index in [-0.39, 0.29) is 5.41 Å². The van der Waals surface area contributed by atoms with Crippen LogP contribution in [-0.2, 0) is 24.9 Å². The Labute approximate surface area is 154 Å². The quantitative estimate of drug-likeness (QED) is 0.716. The Morgan fingerprint density at radius 1 is 1.12 bits per heavy atom. The fraction of sp³-hybridized carbons (Fsp3) is 0.381. The molecule has 5 heteroatoms.